The van der Waals surface area contributed by atoms with Crippen molar-refractivity contribution in [3.05, 3.63) is 52.1 Å². The number of nitrogens with one attached hydrogen (secondary N) is 1. The van der Waals surface area contributed by atoms with Gasteiger partial charge in [0.2, 0.25) is 5.91 Å². The zero-order chi connectivity index (χ0) is 22.5. The van der Waals surface area contributed by atoms with Gasteiger partial charge in [-0.1, -0.05) is 45.0 Å². The number of thioether (sulfide) groups is 1. The van der Waals surface area contributed by atoms with Gasteiger partial charge in [0.05, 0.1) is 28.0 Å². The third-order valence-corrected chi connectivity index (χ3v) is 8.78. The molecule has 1 fully saturated rings. The summed E-state index contributed by atoms with van der Waals surface area (Å²) in [6, 6.07) is 9.01. The molecule has 3 aromatic rings. The van der Waals surface area contributed by atoms with Crippen LogP contribution >= 0.6 is 23.1 Å². The molecule has 2 aliphatic heterocycles. The number of rotatable bonds is 4. The fraction of sp³-hybridized carbons (Fsp3) is 0.458. The van der Waals surface area contributed by atoms with Crippen LogP contribution in [0.5, 0.6) is 0 Å². The van der Waals surface area contributed by atoms with Gasteiger partial charge in [0, 0.05) is 6.54 Å². The minimum Gasteiger partial charge on any atom is -0.322 e. The van der Waals surface area contributed by atoms with Crippen LogP contribution in [-0.4, -0.2) is 39.2 Å². The lowest BCUT2D eigenvalue weighted by atomic mass is 9.86. The molecule has 1 amide bonds. The molecule has 5 rings (SSSR count). The maximum absolute atomic E-state index is 13.4. The van der Waals surface area contributed by atoms with E-state index < -0.39 is 0 Å². The molecule has 1 N–H and O–H groups in total. The summed E-state index contributed by atoms with van der Waals surface area (Å²) >= 11 is 2.92. The van der Waals surface area contributed by atoms with Crippen molar-refractivity contribution in [3.8, 4) is 0 Å². The summed E-state index contributed by atoms with van der Waals surface area (Å²) < 4.78 is 3.34. The average molecular weight is 469 g/mol. The Morgan fingerprint density at radius 3 is 2.53 bits per heavy atom. The molecule has 1 aromatic carbocycles. The summed E-state index contributed by atoms with van der Waals surface area (Å²) in [5.74, 6) is 0.344. The van der Waals surface area contributed by atoms with Crippen LogP contribution in [0.1, 0.15) is 50.8 Å². The van der Waals surface area contributed by atoms with E-state index in [0.717, 1.165) is 17.3 Å². The molecule has 0 spiro atoms. The van der Waals surface area contributed by atoms with Gasteiger partial charge >= 0.3 is 0 Å². The molecule has 4 heterocycles. The van der Waals surface area contributed by atoms with Gasteiger partial charge in [0.15, 0.2) is 0 Å². The number of nitrogens with zero attached hydrogens (tertiary/aromatic N) is 3. The van der Waals surface area contributed by atoms with E-state index >= 15 is 0 Å². The maximum atomic E-state index is 13.4. The first-order valence-electron chi connectivity index (χ1n) is 11.1. The Bertz CT molecular complexity index is 1220. The number of thiophene rings is 1. The molecule has 6 nitrogen and oxygen atoms in total. The van der Waals surface area contributed by atoms with Crippen LogP contribution in [0.25, 0.3) is 10.2 Å². The van der Waals surface area contributed by atoms with Gasteiger partial charge in [0.25, 0.3) is 5.56 Å². The standard InChI is InChI=1S/C24H28N4O2S2/c1-24(2,3)16-8-6-15(7-9-16)17(27-10-4-5-11-27)12-28-14-25-19-20-23(31-13-18(29)26-20)32-21(19)22(28)30/h6-9,14,17H,4-5,10-13H2,1-3H3,(H,26,29)/t17-/m0/s1. The molecule has 2 aromatic heterocycles. The molecule has 1 saturated heterocycles. The van der Waals surface area contributed by atoms with E-state index in [0.29, 0.717) is 28.2 Å². The Balaban J connectivity index is 1.50. The zero-order valence-electron chi connectivity index (χ0n) is 18.7. The average Bonchev–Trinajstić information content (AvgIpc) is 3.41. The van der Waals surface area contributed by atoms with Gasteiger partial charge in [-0.15, -0.1) is 23.1 Å². The molecular weight excluding hydrogens is 440 g/mol. The lowest BCUT2D eigenvalue weighted by molar-refractivity contribution is -0.113. The van der Waals surface area contributed by atoms with E-state index in [2.05, 4.69) is 60.2 Å². The second-order valence-corrected chi connectivity index (χ2v) is 11.9. The quantitative estimate of drug-likeness (QED) is 0.604. The van der Waals surface area contributed by atoms with Crippen LogP contribution in [0.3, 0.4) is 0 Å². The topological polar surface area (TPSA) is 67.2 Å². The van der Waals surface area contributed by atoms with Gasteiger partial charge in [-0.3, -0.25) is 19.1 Å². The van der Waals surface area contributed by atoms with E-state index in [1.807, 2.05) is 0 Å². The van der Waals surface area contributed by atoms with Crippen molar-refractivity contribution in [2.75, 3.05) is 24.2 Å². The zero-order valence-corrected chi connectivity index (χ0v) is 20.3. The molecule has 168 valence electrons. The number of amides is 1. The summed E-state index contributed by atoms with van der Waals surface area (Å²) in [6.07, 6.45) is 4.03. The van der Waals surface area contributed by atoms with E-state index in [9.17, 15) is 9.59 Å². The van der Waals surface area contributed by atoms with Crippen molar-refractivity contribution in [1.29, 1.82) is 0 Å². The first-order chi connectivity index (χ1) is 15.3. The van der Waals surface area contributed by atoms with Crippen molar-refractivity contribution in [2.45, 2.75) is 55.8 Å². The predicted octanol–water partition coefficient (Wildman–Crippen LogP) is 4.64. The Hall–Kier alpha value is -2.16. The molecule has 0 unspecified atom stereocenters. The molecule has 0 radical (unpaired) electrons. The Morgan fingerprint density at radius 2 is 1.84 bits per heavy atom. The van der Waals surface area contributed by atoms with Gasteiger partial charge in [-0.2, -0.15) is 0 Å². The smallest absolute Gasteiger partial charge is 0.271 e. The number of hydrogen-bond acceptors (Lipinski definition) is 6. The van der Waals surface area contributed by atoms with Crippen molar-refractivity contribution in [3.63, 3.8) is 0 Å². The van der Waals surface area contributed by atoms with E-state index in [1.165, 1.54) is 47.1 Å². The van der Waals surface area contributed by atoms with Crippen LogP contribution < -0.4 is 10.9 Å². The Kier molecular flexibility index (Phi) is 5.63. The highest BCUT2D eigenvalue weighted by Crippen LogP contribution is 2.42. The Morgan fingerprint density at radius 1 is 1.12 bits per heavy atom. The van der Waals surface area contributed by atoms with Crippen molar-refractivity contribution < 1.29 is 4.79 Å². The molecule has 0 saturated carbocycles. The first-order valence-corrected chi connectivity index (χ1v) is 12.9. The summed E-state index contributed by atoms with van der Waals surface area (Å²) in [5.41, 5.74) is 3.94. The van der Waals surface area contributed by atoms with Gasteiger partial charge in [-0.25, -0.2) is 4.98 Å². The van der Waals surface area contributed by atoms with Crippen LogP contribution in [0.15, 0.2) is 39.6 Å². The third-order valence-electron chi connectivity index (χ3n) is 6.34. The van der Waals surface area contributed by atoms with Gasteiger partial charge in [0.1, 0.15) is 10.2 Å². The van der Waals surface area contributed by atoms with Gasteiger partial charge < -0.3 is 5.32 Å². The van der Waals surface area contributed by atoms with Crippen molar-refractivity contribution in [2.24, 2.45) is 0 Å². The highest BCUT2D eigenvalue weighted by atomic mass is 32.2. The fourth-order valence-electron chi connectivity index (χ4n) is 4.51. The van der Waals surface area contributed by atoms with Crippen LogP contribution in [0.4, 0.5) is 5.69 Å². The molecule has 0 bridgehead atoms. The lowest BCUT2D eigenvalue weighted by Crippen LogP contribution is -2.33. The number of likely N-dealkylation sites (tertiary alicyclic amines) is 1. The lowest BCUT2D eigenvalue weighted by Gasteiger charge is -2.29. The second-order valence-electron chi connectivity index (χ2n) is 9.61. The molecule has 2 aliphatic rings. The molecule has 1 atom stereocenters. The number of hydrogen-bond donors (Lipinski definition) is 1. The van der Waals surface area contributed by atoms with Gasteiger partial charge in [-0.05, 0) is 42.5 Å². The van der Waals surface area contributed by atoms with E-state index in [-0.39, 0.29) is 22.9 Å². The largest absolute Gasteiger partial charge is 0.322 e. The number of fused-ring (bicyclic) bond motifs is 3. The maximum Gasteiger partial charge on any atom is 0.271 e. The summed E-state index contributed by atoms with van der Waals surface area (Å²) in [5, 5.41) is 2.89. The monoisotopic (exact) mass is 468 g/mol. The van der Waals surface area contributed by atoms with Crippen molar-refractivity contribution >= 4 is 44.9 Å². The number of aromatic nitrogens is 2. The highest BCUT2D eigenvalue weighted by Gasteiger charge is 2.27. The Labute approximate surface area is 196 Å². The minimum atomic E-state index is -0.0408. The fourth-order valence-corrected chi connectivity index (χ4v) is 6.69. The van der Waals surface area contributed by atoms with E-state index in [1.54, 1.807) is 10.9 Å². The number of anilines is 1. The normalized spacial score (nSPS) is 18.0. The second kappa shape index (κ2) is 8.32. The molecule has 8 heteroatoms. The highest BCUT2D eigenvalue weighted by molar-refractivity contribution is 8.02. The van der Waals surface area contributed by atoms with Crippen LogP contribution in [-0.2, 0) is 16.8 Å². The van der Waals surface area contributed by atoms with Crippen LogP contribution in [0.2, 0.25) is 0 Å². The third kappa shape index (κ3) is 4.00. The minimum absolute atomic E-state index is 0.0280. The van der Waals surface area contributed by atoms with Crippen molar-refractivity contribution in [1.82, 2.24) is 14.5 Å². The first kappa shape index (κ1) is 21.7. The molecular formula is C24H28N4O2S2. The SMILES string of the molecule is CC(C)(C)c1ccc([C@H](Cn2cnc3c4c(sc3c2=O)SCC(=O)N4)N2CCCC2)cc1. The van der Waals surface area contributed by atoms with E-state index in [4.69, 9.17) is 0 Å². The number of carbonyl (C=O) groups is 1. The predicted molar refractivity (Wildman–Crippen MR) is 132 cm³/mol. The summed E-state index contributed by atoms with van der Waals surface area (Å²) in [4.78, 5) is 32.3. The summed E-state index contributed by atoms with van der Waals surface area (Å²) in [6.45, 7) is 9.34. The number of carbonyl (C=O) groups excluding carboxylic acids is 1. The molecule has 0 aliphatic carbocycles. The number of benzene rings is 1. The molecule has 32 heavy (non-hydrogen) atoms. The van der Waals surface area contributed by atoms with Crippen LogP contribution in [0, 0.1) is 0 Å². The summed E-state index contributed by atoms with van der Waals surface area (Å²) in [7, 11) is 0.